The van der Waals surface area contributed by atoms with E-state index >= 15 is 0 Å². The van der Waals surface area contributed by atoms with Crippen LogP contribution in [0.3, 0.4) is 0 Å². The van der Waals surface area contributed by atoms with Gasteiger partial charge >= 0.3 is 11.9 Å². The number of benzene rings is 3. The van der Waals surface area contributed by atoms with E-state index in [0.29, 0.717) is 12.2 Å². The van der Waals surface area contributed by atoms with Gasteiger partial charge in [0, 0.05) is 23.0 Å². The third-order valence-corrected chi connectivity index (χ3v) is 5.34. The molecule has 1 heterocycles. The maximum atomic E-state index is 13.2. The van der Waals surface area contributed by atoms with Crippen molar-refractivity contribution in [3.05, 3.63) is 89.6 Å². The number of esters is 1. The minimum atomic E-state index is -0.998. The molecule has 162 valence electrons. The maximum absolute atomic E-state index is 13.2. The first kappa shape index (κ1) is 21.2. The molecule has 32 heavy (non-hydrogen) atoms. The van der Waals surface area contributed by atoms with Crippen LogP contribution in [0.2, 0.25) is 0 Å². The molecule has 0 atom stereocenters. The number of nitrogens with zero attached hydrogens (tertiary/aromatic N) is 1. The van der Waals surface area contributed by atoms with Crippen LogP contribution in [0.25, 0.3) is 22.0 Å². The van der Waals surface area contributed by atoms with E-state index in [1.807, 2.05) is 53.1 Å². The Balaban J connectivity index is 1.95. The first-order valence-electron chi connectivity index (χ1n) is 10.3. The highest BCUT2D eigenvalue weighted by Crippen LogP contribution is 2.36. The van der Waals surface area contributed by atoms with Crippen LogP contribution in [0.5, 0.6) is 5.75 Å². The lowest BCUT2D eigenvalue weighted by molar-refractivity contribution is 0.0515. The number of carbonyl (C=O) groups is 2. The number of aromatic nitrogens is 1. The van der Waals surface area contributed by atoms with Crippen LogP contribution in [-0.4, -0.2) is 35.3 Å². The molecule has 4 rings (SSSR count). The van der Waals surface area contributed by atoms with Gasteiger partial charge in [0.1, 0.15) is 11.4 Å². The van der Waals surface area contributed by atoms with E-state index < -0.39 is 11.9 Å². The smallest absolute Gasteiger partial charge is 0.355 e. The molecule has 0 aliphatic heterocycles. The largest absolute Gasteiger partial charge is 0.497 e. The fourth-order valence-corrected chi connectivity index (χ4v) is 3.90. The molecule has 0 saturated heterocycles. The predicted molar refractivity (Wildman–Crippen MR) is 122 cm³/mol. The number of ether oxygens (including phenoxy) is 2. The van der Waals surface area contributed by atoms with Gasteiger partial charge in [-0.3, -0.25) is 0 Å². The highest BCUT2D eigenvalue weighted by atomic mass is 16.5. The number of fused-ring (bicyclic) bond motifs is 1. The number of hydrogen-bond acceptors (Lipinski definition) is 4. The lowest BCUT2D eigenvalue weighted by Crippen LogP contribution is -2.14. The number of para-hydroxylation sites is 1. The summed E-state index contributed by atoms with van der Waals surface area (Å²) in [6.45, 7) is 2.46. The average molecular weight is 429 g/mol. The Hall–Kier alpha value is -4.06. The Labute approximate surface area is 185 Å². The molecule has 1 N–H and O–H groups in total. The van der Waals surface area contributed by atoms with Gasteiger partial charge in [0.2, 0.25) is 0 Å². The van der Waals surface area contributed by atoms with Crippen LogP contribution in [0.15, 0.2) is 72.8 Å². The van der Waals surface area contributed by atoms with Crippen molar-refractivity contribution in [3.8, 4) is 16.9 Å². The Morgan fingerprint density at radius 2 is 1.72 bits per heavy atom. The minimum Gasteiger partial charge on any atom is -0.497 e. The van der Waals surface area contributed by atoms with Crippen LogP contribution in [0.4, 0.5) is 0 Å². The summed E-state index contributed by atoms with van der Waals surface area (Å²) in [6.07, 6.45) is 0. The molecule has 6 heteroatoms. The number of carbonyl (C=O) groups excluding carboxylic acids is 1. The highest BCUT2D eigenvalue weighted by molar-refractivity contribution is 6.09. The molecular formula is C26H23NO5. The van der Waals surface area contributed by atoms with E-state index in [0.717, 1.165) is 33.3 Å². The molecular weight excluding hydrogens is 406 g/mol. The monoisotopic (exact) mass is 429 g/mol. The molecule has 1 aromatic heterocycles. The first-order valence-corrected chi connectivity index (χ1v) is 10.3. The second-order valence-electron chi connectivity index (χ2n) is 7.28. The van der Waals surface area contributed by atoms with Crippen molar-refractivity contribution >= 4 is 22.8 Å². The van der Waals surface area contributed by atoms with Gasteiger partial charge in [-0.25, -0.2) is 9.59 Å². The standard InChI is InChI=1S/C26H23NO5/c1-3-32-26(30)24-23(18-11-13-19(14-12-18)25(28)29)21-9-4-5-10-22(21)27(24)16-17-7-6-8-20(15-17)31-2/h4-15H,3,16H2,1-2H3,(H,28,29). The van der Waals surface area contributed by atoms with Gasteiger partial charge in [-0.15, -0.1) is 0 Å². The topological polar surface area (TPSA) is 77.8 Å². The summed E-state index contributed by atoms with van der Waals surface area (Å²) in [5.74, 6) is -0.687. The third kappa shape index (κ3) is 3.95. The van der Waals surface area contributed by atoms with E-state index in [2.05, 4.69) is 0 Å². The number of rotatable bonds is 7. The summed E-state index contributed by atoms with van der Waals surface area (Å²) in [5.41, 5.74) is 3.95. The number of carboxylic acid groups (broad SMARTS) is 1. The van der Waals surface area contributed by atoms with Crippen LogP contribution < -0.4 is 4.74 Å². The van der Waals surface area contributed by atoms with Gasteiger partial charge in [0.15, 0.2) is 0 Å². The normalized spacial score (nSPS) is 10.8. The summed E-state index contributed by atoms with van der Waals surface area (Å²) in [4.78, 5) is 24.4. The lowest BCUT2D eigenvalue weighted by atomic mass is 10.0. The molecule has 6 nitrogen and oxygen atoms in total. The van der Waals surface area contributed by atoms with Crippen molar-refractivity contribution in [2.24, 2.45) is 0 Å². The number of carboxylic acids is 1. The van der Waals surface area contributed by atoms with Crippen LogP contribution in [0.1, 0.15) is 33.3 Å². The summed E-state index contributed by atoms with van der Waals surface area (Å²) in [5, 5.41) is 10.1. The molecule has 0 fully saturated rings. The molecule has 0 spiro atoms. The number of hydrogen-bond donors (Lipinski definition) is 1. The Morgan fingerprint density at radius 3 is 2.41 bits per heavy atom. The fourth-order valence-electron chi connectivity index (χ4n) is 3.90. The van der Waals surface area contributed by atoms with Gasteiger partial charge in [0.25, 0.3) is 0 Å². The van der Waals surface area contributed by atoms with E-state index in [9.17, 15) is 14.7 Å². The van der Waals surface area contributed by atoms with Gasteiger partial charge in [-0.2, -0.15) is 0 Å². The SMILES string of the molecule is CCOC(=O)c1c(-c2ccc(C(=O)O)cc2)c2ccccc2n1Cc1cccc(OC)c1. The summed E-state index contributed by atoms with van der Waals surface area (Å²) < 4.78 is 12.7. The minimum absolute atomic E-state index is 0.187. The Morgan fingerprint density at radius 1 is 0.969 bits per heavy atom. The molecule has 4 aromatic rings. The van der Waals surface area contributed by atoms with Crippen LogP contribution in [-0.2, 0) is 11.3 Å². The fraction of sp³-hybridized carbons (Fsp3) is 0.154. The summed E-state index contributed by atoms with van der Waals surface area (Å²) in [6, 6.07) is 22.0. The van der Waals surface area contributed by atoms with Crippen molar-refractivity contribution in [1.29, 1.82) is 0 Å². The van der Waals surface area contributed by atoms with Crippen LogP contribution >= 0.6 is 0 Å². The zero-order valence-corrected chi connectivity index (χ0v) is 17.9. The molecule has 0 aliphatic rings. The van der Waals surface area contributed by atoms with E-state index in [1.54, 1.807) is 38.3 Å². The van der Waals surface area contributed by atoms with Crippen molar-refractivity contribution in [3.63, 3.8) is 0 Å². The molecule has 0 unspecified atom stereocenters. The van der Waals surface area contributed by atoms with Gasteiger partial charge in [-0.05, 0) is 48.4 Å². The number of aromatic carboxylic acids is 1. The molecule has 0 amide bonds. The van der Waals surface area contributed by atoms with Crippen molar-refractivity contribution in [1.82, 2.24) is 4.57 Å². The zero-order valence-electron chi connectivity index (χ0n) is 17.9. The Kier molecular flexibility index (Phi) is 5.94. The summed E-state index contributed by atoms with van der Waals surface area (Å²) >= 11 is 0. The molecule has 0 saturated carbocycles. The van der Waals surface area contributed by atoms with Crippen molar-refractivity contribution in [2.75, 3.05) is 13.7 Å². The van der Waals surface area contributed by atoms with Gasteiger partial charge in [-0.1, -0.05) is 42.5 Å². The van der Waals surface area contributed by atoms with Crippen LogP contribution in [0, 0.1) is 0 Å². The Bertz CT molecular complexity index is 1290. The predicted octanol–water partition coefficient (Wildman–Crippen LogP) is 5.24. The van der Waals surface area contributed by atoms with Crippen molar-refractivity contribution < 1.29 is 24.2 Å². The number of methoxy groups -OCH3 is 1. The first-order chi connectivity index (χ1) is 15.5. The third-order valence-electron chi connectivity index (χ3n) is 5.34. The quantitative estimate of drug-likeness (QED) is 0.407. The molecule has 0 bridgehead atoms. The molecule has 3 aromatic carbocycles. The van der Waals surface area contributed by atoms with Gasteiger partial charge < -0.3 is 19.1 Å². The highest BCUT2D eigenvalue weighted by Gasteiger charge is 2.25. The molecule has 0 aliphatic carbocycles. The van der Waals surface area contributed by atoms with E-state index in [4.69, 9.17) is 9.47 Å². The summed E-state index contributed by atoms with van der Waals surface area (Å²) in [7, 11) is 1.62. The second-order valence-corrected chi connectivity index (χ2v) is 7.28. The lowest BCUT2D eigenvalue weighted by Gasteiger charge is -2.13. The second kappa shape index (κ2) is 8.98. The average Bonchev–Trinajstić information content (AvgIpc) is 3.13. The van der Waals surface area contributed by atoms with E-state index in [1.165, 1.54) is 0 Å². The van der Waals surface area contributed by atoms with E-state index in [-0.39, 0.29) is 12.2 Å². The molecule has 0 radical (unpaired) electrons. The van der Waals surface area contributed by atoms with Crippen molar-refractivity contribution in [2.45, 2.75) is 13.5 Å². The maximum Gasteiger partial charge on any atom is 0.355 e. The van der Waals surface area contributed by atoms with Gasteiger partial charge in [0.05, 0.1) is 19.3 Å². The zero-order chi connectivity index (χ0) is 22.7.